The first kappa shape index (κ1) is 24.7. The molecule has 7 nitrogen and oxygen atoms in total. The third kappa shape index (κ3) is 4.83. The van der Waals surface area contributed by atoms with Crippen molar-refractivity contribution in [1.29, 1.82) is 0 Å². The molecule has 0 aliphatic rings. The standard InChI is InChI=1S/C32H23F2N7/c33-23-8-4-7-21(12-23)24-9-10-37-31-29(24)38-32(39-31)30-26-13-25(27(34)14-28(26)40-41-30)22-11-20(17-36-18-22)16-35-15-19-5-2-1-3-6-19/h1-14,17-18,35H,15-16H2,(H,40,41)(H,37,38,39). The van der Waals surface area contributed by atoms with Gasteiger partial charge in [-0.15, -0.1) is 0 Å². The van der Waals surface area contributed by atoms with Crippen LogP contribution in [0.3, 0.4) is 0 Å². The maximum atomic E-state index is 15.3. The number of H-pyrrole nitrogens is 2. The lowest BCUT2D eigenvalue weighted by atomic mass is 10.0. The topological polar surface area (TPSA) is 95.2 Å². The van der Waals surface area contributed by atoms with Gasteiger partial charge in [-0.05, 0) is 47.0 Å². The van der Waals surface area contributed by atoms with Crippen molar-refractivity contribution >= 4 is 22.1 Å². The molecule has 0 aliphatic carbocycles. The molecule has 9 heteroatoms. The number of rotatable bonds is 7. The van der Waals surface area contributed by atoms with Crippen LogP contribution < -0.4 is 5.32 Å². The fraction of sp³-hybridized carbons (Fsp3) is 0.0625. The van der Waals surface area contributed by atoms with Crippen LogP contribution >= 0.6 is 0 Å². The number of aromatic nitrogens is 6. The molecule has 3 N–H and O–H groups in total. The van der Waals surface area contributed by atoms with Gasteiger partial charge in [0.25, 0.3) is 0 Å². The van der Waals surface area contributed by atoms with Crippen LogP contribution in [0.15, 0.2) is 97.5 Å². The van der Waals surface area contributed by atoms with Gasteiger partial charge in [-0.2, -0.15) is 5.10 Å². The van der Waals surface area contributed by atoms with Crippen molar-refractivity contribution in [1.82, 2.24) is 35.5 Å². The Morgan fingerprint density at radius 2 is 1.66 bits per heavy atom. The molecule has 4 aromatic heterocycles. The van der Waals surface area contributed by atoms with Gasteiger partial charge in [0.2, 0.25) is 0 Å². The Bertz CT molecular complexity index is 2010. The van der Waals surface area contributed by atoms with E-state index < -0.39 is 0 Å². The Kier molecular flexibility index (Phi) is 6.25. The highest BCUT2D eigenvalue weighted by Crippen LogP contribution is 2.34. The van der Waals surface area contributed by atoms with Gasteiger partial charge in [0.05, 0.1) is 11.0 Å². The van der Waals surface area contributed by atoms with Gasteiger partial charge < -0.3 is 10.3 Å². The van der Waals surface area contributed by atoms with Crippen molar-refractivity contribution in [3.63, 3.8) is 0 Å². The Labute approximate surface area is 233 Å². The molecule has 4 heterocycles. The largest absolute Gasteiger partial charge is 0.335 e. The van der Waals surface area contributed by atoms with E-state index in [1.807, 2.05) is 36.4 Å². The lowest BCUT2D eigenvalue weighted by Gasteiger charge is -2.08. The number of fused-ring (bicyclic) bond motifs is 2. The summed E-state index contributed by atoms with van der Waals surface area (Å²) in [6.07, 6.45) is 5.07. The van der Waals surface area contributed by atoms with Crippen LogP contribution in [0.4, 0.5) is 8.78 Å². The van der Waals surface area contributed by atoms with Crippen molar-refractivity contribution in [2.24, 2.45) is 0 Å². The summed E-state index contributed by atoms with van der Waals surface area (Å²) < 4.78 is 29.2. The summed E-state index contributed by atoms with van der Waals surface area (Å²) in [6, 6.07) is 23.4. The van der Waals surface area contributed by atoms with Crippen molar-refractivity contribution in [3.8, 4) is 33.8 Å². The quantitative estimate of drug-likeness (QED) is 0.206. The third-order valence-corrected chi connectivity index (χ3v) is 7.01. The zero-order valence-corrected chi connectivity index (χ0v) is 21.7. The summed E-state index contributed by atoms with van der Waals surface area (Å²) >= 11 is 0. The van der Waals surface area contributed by atoms with E-state index in [9.17, 15) is 4.39 Å². The van der Waals surface area contributed by atoms with Crippen molar-refractivity contribution < 1.29 is 8.78 Å². The van der Waals surface area contributed by atoms with E-state index >= 15 is 4.39 Å². The third-order valence-electron chi connectivity index (χ3n) is 7.01. The molecule has 0 radical (unpaired) electrons. The Morgan fingerprint density at radius 1 is 0.780 bits per heavy atom. The van der Waals surface area contributed by atoms with Gasteiger partial charge in [-0.3, -0.25) is 10.1 Å². The predicted molar refractivity (Wildman–Crippen MR) is 155 cm³/mol. The number of benzene rings is 3. The average molecular weight is 544 g/mol. The Balaban J connectivity index is 1.23. The van der Waals surface area contributed by atoms with Crippen LogP contribution in [0.5, 0.6) is 0 Å². The van der Waals surface area contributed by atoms with E-state index in [2.05, 4.69) is 47.6 Å². The number of nitrogens with one attached hydrogen (secondary N) is 3. The molecule has 0 atom stereocenters. The zero-order valence-electron chi connectivity index (χ0n) is 21.7. The maximum Gasteiger partial charge on any atom is 0.178 e. The summed E-state index contributed by atoms with van der Waals surface area (Å²) in [5, 5.41) is 11.5. The summed E-state index contributed by atoms with van der Waals surface area (Å²) in [7, 11) is 0. The molecule has 0 saturated heterocycles. The van der Waals surface area contributed by atoms with Gasteiger partial charge in [0.15, 0.2) is 11.5 Å². The summed E-state index contributed by atoms with van der Waals surface area (Å²) in [5.74, 6) is -0.244. The average Bonchev–Trinajstić information content (AvgIpc) is 3.61. The molecule has 200 valence electrons. The Hall–Kier alpha value is -5.28. The molecule has 0 aliphatic heterocycles. The van der Waals surface area contributed by atoms with Crippen molar-refractivity contribution in [2.45, 2.75) is 13.1 Å². The van der Waals surface area contributed by atoms with E-state index in [0.29, 0.717) is 56.8 Å². The van der Waals surface area contributed by atoms with E-state index in [1.165, 1.54) is 23.8 Å². The van der Waals surface area contributed by atoms with Gasteiger partial charge in [-0.1, -0.05) is 42.5 Å². The second kappa shape index (κ2) is 10.4. The highest BCUT2D eigenvalue weighted by atomic mass is 19.1. The number of pyridine rings is 2. The number of aromatic amines is 2. The molecule has 0 saturated carbocycles. The first-order valence-electron chi connectivity index (χ1n) is 13.1. The normalized spacial score (nSPS) is 11.5. The summed E-state index contributed by atoms with van der Waals surface area (Å²) in [4.78, 5) is 16.7. The number of hydrogen-bond acceptors (Lipinski definition) is 5. The minimum absolute atomic E-state index is 0.328. The second-order valence-electron chi connectivity index (χ2n) is 9.77. The fourth-order valence-electron chi connectivity index (χ4n) is 5.04. The van der Waals surface area contributed by atoms with Crippen LogP contribution in [-0.2, 0) is 13.1 Å². The van der Waals surface area contributed by atoms with Gasteiger partial charge in [0.1, 0.15) is 17.3 Å². The first-order valence-corrected chi connectivity index (χ1v) is 13.1. The molecule has 0 amide bonds. The van der Waals surface area contributed by atoms with Crippen LogP contribution in [0.1, 0.15) is 11.1 Å². The second-order valence-corrected chi connectivity index (χ2v) is 9.77. The number of halogens is 2. The minimum atomic E-state index is -0.386. The molecule has 0 bridgehead atoms. The highest BCUT2D eigenvalue weighted by molar-refractivity contribution is 5.97. The van der Waals surface area contributed by atoms with E-state index in [0.717, 1.165) is 17.7 Å². The number of nitrogens with zero attached hydrogens (tertiary/aromatic N) is 4. The zero-order chi connectivity index (χ0) is 27.8. The lowest BCUT2D eigenvalue weighted by Crippen LogP contribution is -2.12. The first-order chi connectivity index (χ1) is 20.1. The molecular weight excluding hydrogens is 520 g/mol. The van der Waals surface area contributed by atoms with Crippen molar-refractivity contribution in [3.05, 3.63) is 120 Å². The lowest BCUT2D eigenvalue weighted by molar-refractivity contribution is 0.628. The van der Waals surface area contributed by atoms with Gasteiger partial charge in [-0.25, -0.2) is 18.7 Å². The van der Waals surface area contributed by atoms with E-state index in [4.69, 9.17) is 0 Å². The highest BCUT2D eigenvalue weighted by Gasteiger charge is 2.18. The van der Waals surface area contributed by atoms with Crippen LogP contribution in [0.25, 0.3) is 55.8 Å². The molecule has 0 spiro atoms. The van der Waals surface area contributed by atoms with E-state index in [-0.39, 0.29) is 11.6 Å². The monoisotopic (exact) mass is 543 g/mol. The Morgan fingerprint density at radius 3 is 2.54 bits per heavy atom. The van der Waals surface area contributed by atoms with E-state index in [1.54, 1.807) is 30.7 Å². The SMILES string of the molecule is Fc1cccc(-c2ccnc3nc(-c4n[nH]c5cc(F)c(-c6cncc(CNCc7ccccc7)c6)cc45)[nH]c23)c1. The summed E-state index contributed by atoms with van der Waals surface area (Å²) in [5.41, 5.74) is 6.86. The molecular formula is C32H23F2N7. The molecule has 0 unspecified atom stereocenters. The van der Waals surface area contributed by atoms with Crippen molar-refractivity contribution in [2.75, 3.05) is 0 Å². The van der Waals surface area contributed by atoms with Crippen LogP contribution in [-0.4, -0.2) is 30.1 Å². The molecule has 3 aromatic carbocycles. The van der Waals surface area contributed by atoms with Crippen LogP contribution in [0, 0.1) is 11.6 Å². The summed E-state index contributed by atoms with van der Waals surface area (Å²) in [6.45, 7) is 1.31. The predicted octanol–water partition coefficient (Wildman–Crippen LogP) is 6.80. The minimum Gasteiger partial charge on any atom is -0.335 e. The van der Waals surface area contributed by atoms with Gasteiger partial charge in [0, 0.05) is 59.8 Å². The smallest absolute Gasteiger partial charge is 0.178 e. The molecule has 7 aromatic rings. The number of hydrogen-bond donors (Lipinski definition) is 3. The maximum absolute atomic E-state index is 15.3. The van der Waals surface area contributed by atoms with Crippen LogP contribution in [0.2, 0.25) is 0 Å². The molecule has 41 heavy (non-hydrogen) atoms. The molecule has 7 rings (SSSR count). The molecule has 0 fully saturated rings. The number of imidazole rings is 1. The fourth-order valence-corrected chi connectivity index (χ4v) is 5.04. The van der Waals surface area contributed by atoms with Gasteiger partial charge >= 0.3 is 0 Å².